The molecule has 1 N–H and O–H groups in total. The molecule has 0 spiro atoms. The lowest BCUT2D eigenvalue weighted by Gasteiger charge is -2.30. The Morgan fingerprint density at radius 3 is 1.53 bits per heavy atom. The highest BCUT2D eigenvalue weighted by atomic mass is 35.6. The number of nitrogens with zero attached hydrogens (tertiary/aromatic N) is 2. The Bertz CT molecular complexity index is 982. The molecule has 0 aromatic heterocycles. The summed E-state index contributed by atoms with van der Waals surface area (Å²) in [6.45, 7) is 12.7. The fourth-order valence-corrected chi connectivity index (χ4v) is 5.19. The minimum atomic E-state index is -2.03. The Kier molecular flexibility index (Phi) is 14.3. The number of likely N-dealkylation sites (tertiary alicyclic amines) is 2. The van der Waals surface area contributed by atoms with Gasteiger partial charge in [0.25, 0.3) is 0 Å². The molecule has 43 heavy (non-hydrogen) atoms. The minimum Gasteiger partial charge on any atom is -0.451 e. The summed E-state index contributed by atoms with van der Waals surface area (Å²) in [5, 5.41) is 9.23. The molecular weight excluding hydrogens is 654 g/mol. The summed E-state index contributed by atoms with van der Waals surface area (Å²) < 4.78 is 21.4. The van der Waals surface area contributed by atoms with Crippen molar-refractivity contribution in [3.05, 3.63) is 0 Å². The Balaban J connectivity index is 0.000000337. The number of piperidine rings is 2. The van der Waals surface area contributed by atoms with Crippen LogP contribution in [0.2, 0.25) is 0 Å². The van der Waals surface area contributed by atoms with Gasteiger partial charge in [-0.3, -0.25) is 0 Å². The number of amides is 2. The highest BCUT2D eigenvalue weighted by Crippen LogP contribution is 2.50. The van der Waals surface area contributed by atoms with Gasteiger partial charge in [0.15, 0.2) is 0 Å². The van der Waals surface area contributed by atoms with E-state index in [9.17, 15) is 24.3 Å². The highest BCUT2D eigenvalue weighted by molar-refractivity contribution is 6.66. The molecule has 4 fully saturated rings. The number of carbonyl (C=O) groups is 4. The normalized spacial score (nSPS) is 26.5. The van der Waals surface area contributed by atoms with Gasteiger partial charge in [-0.25, -0.2) is 19.2 Å². The Morgan fingerprint density at radius 2 is 1.21 bits per heavy atom. The van der Waals surface area contributed by atoms with Crippen LogP contribution in [-0.4, -0.2) is 99.4 Å². The van der Waals surface area contributed by atoms with E-state index in [4.69, 9.17) is 60.6 Å². The van der Waals surface area contributed by atoms with E-state index in [1.54, 1.807) is 9.80 Å². The fourth-order valence-electron chi connectivity index (χ4n) is 4.94. The molecule has 0 bridgehead atoms. The molecule has 16 heteroatoms. The summed E-state index contributed by atoms with van der Waals surface area (Å²) in [6, 6.07) is -0.0996. The predicted octanol–water partition coefficient (Wildman–Crippen LogP) is 6.58. The van der Waals surface area contributed by atoms with E-state index in [1.807, 2.05) is 41.5 Å². The minimum absolute atomic E-state index is 0. The summed E-state index contributed by atoms with van der Waals surface area (Å²) in [6.07, 6.45) is 0.586. The number of carbonyl (C=O) groups excluding carboxylic acids is 4. The summed E-state index contributed by atoms with van der Waals surface area (Å²) in [5.41, 5.74) is -1.80. The molecule has 2 amide bonds. The van der Waals surface area contributed by atoms with Crippen molar-refractivity contribution in [2.45, 2.75) is 89.1 Å². The van der Waals surface area contributed by atoms with Gasteiger partial charge >= 0.3 is 27.7 Å². The Labute approximate surface area is 273 Å². The number of hydrogen-bond donors (Lipinski definition) is 1. The maximum atomic E-state index is 12.0. The molecule has 2 heterocycles. The zero-order valence-electron chi connectivity index (χ0n) is 24.7. The van der Waals surface area contributed by atoms with Crippen LogP contribution in [0.5, 0.6) is 0 Å². The number of hydrogen-bond acceptors (Lipinski definition) is 10. The van der Waals surface area contributed by atoms with Gasteiger partial charge in [-0.15, -0.1) is 0 Å². The highest BCUT2D eigenvalue weighted by Gasteiger charge is 2.55. The van der Waals surface area contributed by atoms with E-state index in [1.165, 1.54) is 0 Å². The van der Waals surface area contributed by atoms with Crippen LogP contribution in [-0.2, 0) is 23.7 Å². The number of alkyl halides is 3. The first-order valence-corrected chi connectivity index (χ1v) is 14.9. The number of aliphatic hydroxyl groups excluding tert-OH is 1. The smallest absolute Gasteiger partial charge is 0.451 e. The van der Waals surface area contributed by atoms with Crippen LogP contribution in [0.4, 0.5) is 19.2 Å². The zero-order chi connectivity index (χ0) is 32.2. The first-order chi connectivity index (χ1) is 19.2. The van der Waals surface area contributed by atoms with E-state index < -0.39 is 26.8 Å². The van der Waals surface area contributed by atoms with Crippen molar-refractivity contribution in [1.29, 1.82) is 0 Å². The molecule has 2 saturated carbocycles. The quantitative estimate of drug-likeness (QED) is 0.149. The lowest BCUT2D eigenvalue weighted by molar-refractivity contribution is 0.0122. The van der Waals surface area contributed by atoms with Crippen molar-refractivity contribution in [3.8, 4) is 0 Å². The summed E-state index contributed by atoms with van der Waals surface area (Å²) in [5.74, 6) is 2.07. The predicted molar refractivity (Wildman–Crippen MR) is 161 cm³/mol. The van der Waals surface area contributed by atoms with Gasteiger partial charge < -0.3 is 38.6 Å². The maximum Gasteiger partial charge on any atom is 0.511 e. The standard InChI is InChI=1S/C12H18ClNO4.C11H19NO3.C3H3Cl3O3.CH4/c1-12(2,3)18-11(16)14-5-7-4-8(7)9(14)6-17-10(13)15;1-11(2,3)15-10(14)12-5-7-4-8(7)9(12)6-13;1-8-2(7)9-3(4,5)6;/h7-9H,4-6H2,1-3H3;7-9,13H,4-6H2,1-3H3;1H3;1H4/t2*7-,8-,9-;;/m00../s1. The molecule has 0 aromatic rings. The number of ether oxygens (including phenoxy) is 5. The average Bonchev–Trinajstić information content (AvgIpc) is 3.70. The van der Waals surface area contributed by atoms with Crippen LogP contribution in [0.3, 0.4) is 0 Å². The van der Waals surface area contributed by atoms with E-state index in [0.29, 0.717) is 30.2 Å². The summed E-state index contributed by atoms with van der Waals surface area (Å²) >= 11 is 20.2. The molecule has 250 valence electrons. The van der Waals surface area contributed by atoms with E-state index in [-0.39, 0.29) is 44.9 Å². The first-order valence-electron chi connectivity index (χ1n) is 13.4. The van der Waals surface area contributed by atoms with Gasteiger partial charge in [-0.1, -0.05) is 7.43 Å². The van der Waals surface area contributed by atoms with E-state index in [2.05, 4.69) is 9.47 Å². The second-order valence-corrected chi connectivity index (χ2v) is 14.9. The molecule has 6 atom stereocenters. The molecule has 4 rings (SSSR count). The van der Waals surface area contributed by atoms with Crippen LogP contribution >= 0.6 is 46.4 Å². The van der Waals surface area contributed by atoms with Crippen molar-refractivity contribution >= 4 is 70.2 Å². The third-order valence-electron chi connectivity index (χ3n) is 6.78. The first kappa shape index (κ1) is 39.4. The van der Waals surface area contributed by atoms with Crippen molar-refractivity contribution in [2.75, 3.05) is 33.4 Å². The van der Waals surface area contributed by atoms with Gasteiger partial charge in [0.05, 0.1) is 25.8 Å². The number of halogens is 4. The molecular formula is C27H44Cl4N2O10. The van der Waals surface area contributed by atoms with E-state index >= 15 is 0 Å². The van der Waals surface area contributed by atoms with Crippen LogP contribution in [0.1, 0.15) is 61.8 Å². The van der Waals surface area contributed by atoms with E-state index in [0.717, 1.165) is 26.5 Å². The van der Waals surface area contributed by atoms with Gasteiger partial charge in [0, 0.05) is 24.7 Å². The van der Waals surface area contributed by atoms with Gasteiger partial charge in [-0.2, -0.15) is 0 Å². The van der Waals surface area contributed by atoms with Crippen molar-refractivity contribution in [2.24, 2.45) is 23.7 Å². The zero-order valence-corrected chi connectivity index (χ0v) is 27.8. The van der Waals surface area contributed by atoms with Gasteiger partial charge in [-0.05, 0) is 113 Å². The number of fused-ring (bicyclic) bond motifs is 2. The topological polar surface area (TPSA) is 141 Å². The lowest BCUT2D eigenvalue weighted by Crippen LogP contribution is -2.44. The molecule has 2 aliphatic carbocycles. The van der Waals surface area contributed by atoms with Crippen LogP contribution < -0.4 is 0 Å². The Morgan fingerprint density at radius 1 is 0.791 bits per heavy atom. The third kappa shape index (κ3) is 13.5. The van der Waals surface area contributed by atoms with Crippen molar-refractivity contribution < 1.29 is 48.0 Å². The molecule has 0 unspecified atom stereocenters. The molecule has 4 aliphatic rings. The van der Waals surface area contributed by atoms with Crippen molar-refractivity contribution in [3.63, 3.8) is 0 Å². The number of methoxy groups -OCH3 is 1. The second kappa shape index (κ2) is 15.6. The molecule has 12 nitrogen and oxygen atoms in total. The average molecular weight is 698 g/mol. The fraction of sp³-hybridized carbons (Fsp3) is 0.852. The molecule has 2 saturated heterocycles. The second-order valence-electron chi connectivity index (χ2n) is 12.5. The summed E-state index contributed by atoms with van der Waals surface area (Å²) in [4.78, 5) is 47.9. The van der Waals surface area contributed by atoms with Gasteiger partial charge in [0.1, 0.15) is 17.8 Å². The lowest BCUT2D eigenvalue weighted by atomic mass is 10.2. The summed E-state index contributed by atoms with van der Waals surface area (Å²) in [7, 11) is 1.11. The third-order valence-corrected chi connectivity index (χ3v) is 7.12. The van der Waals surface area contributed by atoms with Crippen LogP contribution in [0.25, 0.3) is 0 Å². The largest absolute Gasteiger partial charge is 0.511 e. The monoisotopic (exact) mass is 696 g/mol. The van der Waals surface area contributed by atoms with Crippen LogP contribution in [0.15, 0.2) is 0 Å². The number of aliphatic hydroxyl groups is 1. The SMILES string of the molecule is C.CC(C)(C)OC(=O)N1C[C@@H]2C[C@@H]2[C@@H]1CO.CC(C)(C)OC(=O)N1C[C@@H]2C[C@@H]2[C@@H]1COC(=O)Cl.COC(=O)OC(Cl)(Cl)Cl. The Hall–Kier alpha value is -1.60. The number of rotatable bonds is 3. The van der Waals surface area contributed by atoms with Crippen LogP contribution in [0, 0.1) is 23.7 Å². The molecule has 0 radical (unpaired) electrons. The van der Waals surface area contributed by atoms with Gasteiger partial charge in [0.2, 0.25) is 0 Å². The molecule has 2 aliphatic heterocycles. The van der Waals surface area contributed by atoms with Crippen molar-refractivity contribution in [1.82, 2.24) is 9.80 Å². The maximum absolute atomic E-state index is 12.0. The molecule has 0 aromatic carbocycles.